The number of primary amides is 1. The van der Waals surface area contributed by atoms with Gasteiger partial charge in [0.1, 0.15) is 12.1 Å². The summed E-state index contributed by atoms with van der Waals surface area (Å²) in [6.45, 7) is 1.41. The monoisotopic (exact) mass is 411 g/mol. The molecule has 0 radical (unpaired) electrons. The molecule has 1 saturated carbocycles. The third-order valence-corrected chi connectivity index (χ3v) is 5.69. The molecule has 1 fully saturated rings. The fraction of sp³-hybridized carbons (Fsp3) is 0.684. The minimum Gasteiger partial charge on any atom is -0.481 e. The zero-order chi connectivity index (χ0) is 21.8. The Morgan fingerprint density at radius 1 is 1.21 bits per heavy atom. The van der Waals surface area contributed by atoms with E-state index in [9.17, 15) is 29.4 Å². The highest BCUT2D eigenvalue weighted by Gasteiger charge is 2.40. The Balaban J connectivity index is 2.08. The van der Waals surface area contributed by atoms with Gasteiger partial charge in [-0.15, -0.1) is 0 Å². The van der Waals surface area contributed by atoms with Gasteiger partial charge in [-0.25, -0.2) is 0 Å². The molecule has 2 rings (SSSR count). The van der Waals surface area contributed by atoms with Gasteiger partial charge in [-0.3, -0.25) is 19.2 Å². The number of carbonyl (C=O) groups excluding carboxylic acids is 3. The van der Waals surface area contributed by atoms with E-state index in [-0.39, 0.29) is 24.8 Å². The molecule has 7 N–H and O–H groups in total. The van der Waals surface area contributed by atoms with E-state index in [4.69, 9.17) is 10.8 Å². The van der Waals surface area contributed by atoms with E-state index >= 15 is 0 Å². The number of rotatable bonds is 8. The molecular weight excluding hydrogens is 382 g/mol. The molecule has 2 aliphatic rings. The van der Waals surface area contributed by atoms with Crippen molar-refractivity contribution in [2.45, 2.75) is 76.2 Å². The summed E-state index contributed by atoms with van der Waals surface area (Å²) < 4.78 is 0. The standard InChI is InChI=1S/C19H29N3O7/c1-10(17(20)28)21-18(29)11-6-12(16(27)13(23)7-11)22-14(24)8-19(9-15(25)26)4-2-3-5-19/h6,10,12-13,16,23,27H,2-5,7-9H2,1H3,(H2,20,28)(H,21,29)(H,22,24)(H,25,26). The summed E-state index contributed by atoms with van der Waals surface area (Å²) in [6, 6.07) is -1.93. The summed E-state index contributed by atoms with van der Waals surface area (Å²) in [5.74, 6) is -2.76. The Morgan fingerprint density at radius 3 is 2.38 bits per heavy atom. The van der Waals surface area contributed by atoms with Crippen LogP contribution in [0.3, 0.4) is 0 Å². The lowest BCUT2D eigenvalue weighted by Gasteiger charge is -2.33. The third kappa shape index (κ3) is 6.01. The van der Waals surface area contributed by atoms with E-state index in [1.807, 2.05) is 0 Å². The van der Waals surface area contributed by atoms with Gasteiger partial charge in [0.2, 0.25) is 17.7 Å². The van der Waals surface area contributed by atoms with Crippen LogP contribution < -0.4 is 16.4 Å². The average Bonchev–Trinajstić information content (AvgIpc) is 3.05. The van der Waals surface area contributed by atoms with E-state index in [1.54, 1.807) is 0 Å². The highest BCUT2D eigenvalue weighted by atomic mass is 16.4. The lowest BCUT2D eigenvalue weighted by Crippen LogP contribution is -2.52. The first-order chi connectivity index (χ1) is 13.5. The zero-order valence-electron chi connectivity index (χ0n) is 16.4. The highest BCUT2D eigenvalue weighted by Crippen LogP contribution is 2.44. The largest absolute Gasteiger partial charge is 0.481 e. The van der Waals surface area contributed by atoms with Crippen molar-refractivity contribution in [2.24, 2.45) is 11.1 Å². The van der Waals surface area contributed by atoms with Crippen LogP contribution in [0, 0.1) is 5.41 Å². The van der Waals surface area contributed by atoms with Gasteiger partial charge < -0.3 is 31.7 Å². The molecule has 2 aliphatic carbocycles. The molecule has 0 aromatic carbocycles. The third-order valence-electron chi connectivity index (χ3n) is 5.69. The quantitative estimate of drug-likeness (QED) is 0.294. The second-order valence-corrected chi connectivity index (χ2v) is 8.10. The van der Waals surface area contributed by atoms with Crippen LogP contribution in [0.4, 0.5) is 0 Å². The SMILES string of the molecule is CC(NC(=O)C1=CC(NC(=O)CC2(CC(=O)O)CCCC2)C(O)C(O)C1)C(N)=O. The molecule has 0 bridgehead atoms. The van der Waals surface area contributed by atoms with Crippen LogP contribution in [-0.4, -0.2) is 63.3 Å². The Bertz CT molecular complexity index is 700. The Morgan fingerprint density at radius 2 is 1.83 bits per heavy atom. The number of carbonyl (C=O) groups is 4. The molecule has 162 valence electrons. The summed E-state index contributed by atoms with van der Waals surface area (Å²) in [6.07, 6.45) is 1.47. The maximum absolute atomic E-state index is 12.6. The first-order valence-electron chi connectivity index (χ1n) is 9.71. The number of hydrogen-bond donors (Lipinski definition) is 6. The van der Waals surface area contributed by atoms with Gasteiger partial charge in [0, 0.05) is 18.4 Å². The Kier molecular flexibility index (Phi) is 7.37. The number of amides is 3. The topological polar surface area (TPSA) is 179 Å². The first-order valence-corrected chi connectivity index (χ1v) is 9.71. The number of carboxylic acids is 1. The molecule has 4 atom stereocenters. The number of aliphatic hydroxyl groups is 2. The normalized spacial score (nSPS) is 26.9. The maximum atomic E-state index is 12.6. The van der Waals surface area contributed by atoms with Crippen LogP contribution in [-0.2, 0) is 19.2 Å². The molecular formula is C19H29N3O7. The summed E-state index contributed by atoms with van der Waals surface area (Å²) >= 11 is 0. The van der Waals surface area contributed by atoms with Crippen LogP contribution in [0.1, 0.15) is 51.9 Å². The van der Waals surface area contributed by atoms with E-state index < -0.39 is 53.4 Å². The second-order valence-electron chi connectivity index (χ2n) is 8.10. The molecule has 10 nitrogen and oxygen atoms in total. The van der Waals surface area contributed by atoms with Crippen molar-refractivity contribution in [1.29, 1.82) is 0 Å². The van der Waals surface area contributed by atoms with E-state index in [2.05, 4.69) is 10.6 Å². The predicted molar refractivity (Wildman–Crippen MR) is 101 cm³/mol. The van der Waals surface area contributed by atoms with Crippen LogP contribution in [0.5, 0.6) is 0 Å². The van der Waals surface area contributed by atoms with Crippen LogP contribution in [0.15, 0.2) is 11.6 Å². The van der Waals surface area contributed by atoms with Gasteiger partial charge in [-0.1, -0.05) is 18.9 Å². The number of carboxylic acid groups (broad SMARTS) is 1. The van der Waals surface area contributed by atoms with Gasteiger partial charge in [-0.05, 0) is 25.2 Å². The van der Waals surface area contributed by atoms with Crippen molar-refractivity contribution in [1.82, 2.24) is 10.6 Å². The number of hydrogen-bond acceptors (Lipinski definition) is 6. The number of nitrogens with two attached hydrogens (primary N) is 1. The van der Waals surface area contributed by atoms with Gasteiger partial charge in [0.25, 0.3) is 0 Å². The first kappa shape index (κ1) is 22.8. The lowest BCUT2D eigenvalue weighted by molar-refractivity contribution is -0.140. The molecule has 0 aromatic rings. The number of aliphatic hydroxyl groups excluding tert-OH is 2. The molecule has 10 heteroatoms. The van der Waals surface area contributed by atoms with Crippen LogP contribution in [0.2, 0.25) is 0 Å². The number of aliphatic carboxylic acids is 1. The summed E-state index contributed by atoms with van der Waals surface area (Å²) in [5.41, 5.74) is 4.62. The average molecular weight is 411 g/mol. The second kappa shape index (κ2) is 9.36. The van der Waals surface area contributed by atoms with Crippen molar-refractivity contribution in [3.63, 3.8) is 0 Å². The van der Waals surface area contributed by atoms with Crippen molar-refractivity contribution >= 4 is 23.7 Å². The maximum Gasteiger partial charge on any atom is 0.303 e. The Labute approximate surface area is 168 Å². The van der Waals surface area contributed by atoms with E-state index in [0.717, 1.165) is 12.8 Å². The predicted octanol–water partition coefficient (Wildman–Crippen LogP) is -1.06. The fourth-order valence-electron chi connectivity index (χ4n) is 4.06. The molecule has 0 heterocycles. The molecule has 0 aliphatic heterocycles. The fourth-order valence-corrected chi connectivity index (χ4v) is 4.06. The minimum absolute atomic E-state index is 0.00725. The minimum atomic E-state index is -1.32. The van der Waals surface area contributed by atoms with Crippen molar-refractivity contribution in [3.05, 3.63) is 11.6 Å². The molecule has 4 unspecified atom stereocenters. The van der Waals surface area contributed by atoms with Crippen molar-refractivity contribution < 1.29 is 34.5 Å². The van der Waals surface area contributed by atoms with Gasteiger partial charge >= 0.3 is 5.97 Å². The molecule has 3 amide bonds. The molecule has 0 aromatic heterocycles. The summed E-state index contributed by atoms with van der Waals surface area (Å²) in [4.78, 5) is 47.2. The zero-order valence-corrected chi connectivity index (χ0v) is 16.4. The smallest absolute Gasteiger partial charge is 0.303 e. The van der Waals surface area contributed by atoms with Crippen LogP contribution >= 0.6 is 0 Å². The van der Waals surface area contributed by atoms with Gasteiger partial charge in [0.15, 0.2) is 0 Å². The lowest BCUT2D eigenvalue weighted by atomic mass is 9.79. The molecule has 0 saturated heterocycles. The summed E-state index contributed by atoms with van der Waals surface area (Å²) in [5, 5.41) is 34.5. The van der Waals surface area contributed by atoms with Gasteiger partial charge in [0.05, 0.1) is 18.6 Å². The van der Waals surface area contributed by atoms with Crippen molar-refractivity contribution in [2.75, 3.05) is 0 Å². The highest BCUT2D eigenvalue weighted by molar-refractivity contribution is 5.97. The van der Waals surface area contributed by atoms with Crippen LogP contribution in [0.25, 0.3) is 0 Å². The Hall–Kier alpha value is -2.46. The molecule has 29 heavy (non-hydrogen) atoms. The van der Waals surface area contributed by atoms with E-state index in [0.29, 0.717) is 12.8 Å². The van der Waals surface area contributed by atoms with E-state index in [1.165, 1.54) is 13.0 Å². The summed E-state index contributed by atoms with van der Waals surface area (Å²) in [7, 11) is 0. The molecule has 0 spiro atoms. The number of nitrogens with one attached hydrogen (secondary N) is 2. The van der Waals surface area contributed by atoms with Gasteiger partial charge in [-0.2, -0.15) is 0 Å². The van der Waals surface area contributed by atoms with Crippen molar-refractivity contribution in [3.8, 4) is 0 Å².